The molecule has 7 nitrogen and oxygen atoms in total. The first-order chi connectivity index (χ1) is 17.5. The van der Waals surface area contributed by atoms with Crippen LogP contribution in [-0.4, -0.2) is 39.3 Å². The summed E-state index contributed by atoms with van der Waals surface area (Å²) in [5.74, 6) is 1.96. The summed E-state index contributed by atoms with van der Waals surface area (Å²) in [5, 5.41) is 15.6. The summed E-state index contributed by atoms with van der Waals surface area (Å²) in [6, 6.07) is 5.26. The number of carboxylic acids is 1. The summed E-state index contributed by atoms with van der Waals surface area (Å²) in [6.45, 7) is 1.83. The van der Waals surface area contributed by atoms with E-state index in [9.17, 15) is 9.90 Å². The van der Waals surface area contributed by atoms with Gasteiger partial charge in [0.2, 0.25) is 0 Å². The molecular formula is C26H20Cl2N4O3S. The fraction of sp³-hybridized carbons (Fsp3) is 0.308. The molecule has 3 fully saturated rings. The number of rotatable bonds is 6. The zero-order valence-electron chi connectivity index (χ0n) is 18.9. The molecular weight excluding hydrogens is 519 g/mol. The van der Waals surface area contributed by atoms with Crippen LogP contribution in [0.15, 0.2) is 41.2 Å². The number of nitrogens with zero attached hydrogens (tertiary/aromatic N) is 4. The van der Waals surface area contributed by atoms with Crippen molar-refractivity contribution in [3.63, 3.8) is 0 Å². The number of carbonyl (C=O) groups is 1. The lowest BCUT2D eigenvalue weighted by Gasteiger charge is -2.17. The largest absolute Gasteiger partial charge is 0.478 e. The van der Waals surface area contributed by atoms with Gasteiger partial charge in [-0.15, -0.1) is 0 Å². The molecule has 1 aliphatic heterocycles. The lowest BCUT2D eigenvalue weighted by atomic mass is 10.0. The molecule has 36 heavy (non-hydrogen) atoms. The molecule has 2 saturated carbocycles. The Morgan fingerprint density at radius 3 is 2.61 bits per heavy atom. The maximum absolute atomic E-state index is 11.6. The Labute approximate surface area is 220 Å². The van der Waals surface area contributed by atoms with Gasteiger partial charge in [0.1, 0.15) is 11.5 Å². The van der Waals surface area contributed by atoms with Gasteiger partial charge >= 0.3 is 5.97 Å². The fourth-order valence-electron chi connectivity index (χ4n) is 5.39. The maximum Gasteiger partial charge on any atom is 0.337 e. The highest BCUT2D eigenvalue weighted by molar-refractivity contribution is 7.22. The molecule has 182 valence electrons. The second-order valence-electron chi connectivity index (χ2n) is 9.69. The summed E-state index contributed by atoms with van der Waals surface area (Å²) in [5.41, 5.74) is 3.34. The molecule has 1 N–H and O–H groups in total. The van der Waals surface area contributed by atoms with Gasteiger partial charge in [0, 0.05) is 42.5 Å². The van der Waals surface area contributed by atoms with Gasteiger partial charge in [-0.05, 0) is 42.7 Å². The van der Waals surface area contributed by atoms with Gasteiger partial charge in [-0.2, -0.15) is 0 Å². The van der Waals surface area contributed by atoms with Gasteiger partial charge in [-0.3, -0.25) is 4.98 Å². The number of thiazole rings is 1. The van der Waals surface area contributed by atoms with Crippen LogP contribution in [0.3, 0.4) is 0 Å². The number of hydrogen-bond donors (Lipinski definition) is 1. The first-order valence-electron chi connectivity index (χ1n) is 11.8. The van der Waals surface area contributed by atoms with Crippen molar-refractivity contribution >= 4 is 61.9 Å². The second-order valence-corrected chi connectivity index (χ2v) is 11.5. The predicted molar refractivity (Wildman–Crippen MR) is 140 cm³/mol. The number of fused-ring (bicyclic) bond motifs is 2. The Morgan fingerprint density at radius 2 is 1.92 bits per heavy atom. The van der Waals surface area contributed by atoms with Crippen LogP contribution in [0.1, 0.15) is 40.4 Å². The summed E-state index contributed by atoms with van der Waals surface area (Å²) in [4.78, 5) is 22.6. The number of pyridine rings is 1. The molecule has 0 bridgehead atoms. The highest BCUT2D eigenvalue weighted by atomic mass is 35.5. The lowest BCUT2D eigenvalue weighted by molar-refractivity contribution is 0.0699. The molecule has 0 spiro atoms. The van der Waals surface area contributed by atoms with Crippen molar-refractivity contribution in [2.75, 3.05) is 18.0 Å². The number of aromatic nitrogens is 3. The number of halogens is 2. The quantitative estimate of drug-likeness (QED) is 0.294. The van der Waals surface area contributed by atoms with Gasteiger partial charge < -0.3 is 14.5 Å². The molecule has 3 aromatic heterocycles. The normalized spacial score (nSPS) is 23.1. The van der Waals surface area contributed by atoms with Crippen LogP contribution in [0, 0.1) is 17.8 Å². The number of benzene rings is 1. The van der Waals surface area contributed by atoms with Crippen LogP contribution >= 0.6 is 34.5 Å². The summed E-state index contributed by atoms with van der Waals surface area (Å²) in [7, 11) is 0. The van der Waals surface area contributed by atoms with Crippen molar-refractivity contribution in [1.29, 1.82) is 0 Å². The lowest BCUT2D eigenvalue weighted by Crippen LogP contribution is -2.23. The third-order valence-electron chi connectivity index (χ3n) is 7.44. The summed E-state index contributed by atoms with van der Waals surface area (Å²) in [6.07, 6.45) is 9.76. The molecule has 1 saturated heterocycles. The maximum atomic E-state index is 11.6. The minimum Gasteiger partial charge on any atom is -0.478 e. The fourth-order valence-corrected chi connectivity index (χ4v) is 7.02. The van der Waals surface area contributed by atoms with Crippen molar-refractivity contribution < 1.29 is 14.4 Å². The van der Waals surface area contributed by atoms with E-state index in [-0.39, 0.29) is 0 Å². The van der Waals surface area contributed by atoms with Crippen LogP contribution in [0.25, 0.3) is 27.6 Å². The van der Waals surface area contributed by atoms with E-state index >= 15 is 0 Å². The second kappa shape index (κ2) is 8.30. The first-order valence-corrected chi connectivity index (χ1v) is 13.4. The van der Waals surface area contributed by atoms with Gasteiger partial charge in [-0.25, -0.2) is 9.78 Å². The third-order valence-corrected chi connectivity index (χ3v) is 9.18. The molecule has 4 heterocycles. The van der Waals surface area contributed by atoms with Crippen LogP contribution in [0.5, 0.6) is 0 Å². The molecule has 2 unspecified atom stereocenters. The zero-order valence-corrected chi connectivity index (χ0v) is 21.2. The van der Waals surface area contributed by atoms with Crippen LogP contribution in [0.4, 0.5) is 5.13 Å². The molecule has 2 atom stereocenters. The van der Waals surface area contributed by atoms with Crippen LogP contribution in [0.2, 0.25) is 10.0 Å². The average molecular weight is 539 g/mol. The van der Waals surface area contributed by atoms with E-state index in [0.717, 1.165) is 52.6 Å². The standard InChI is InChI=1S/C26H20Cl2N4O3S/c27-18-8-29-9-19(28)21(18)22-14(23(35-31-22)12-4-5-12)7-6-13-16-10-32(11-17(13)16)26-30-20-3-1-2-15(25(33)34)24(20)36-26/h1-3,6-9,12-13,16-17H,4-5,10-11H2,(H,33,34). The smallest absolute Gasteiger partial charge is 0.337 e. The number of carboxylic acid groups (broad SMARTS) is 1. The SMILES string of the molecule is O=C(O)c1cccc2nc(N3CC4C(C=Cc5c(-c6c(Cl)cncc6Cl)noc5C5CC5)C4C3)sc12. The van der Waals surface area contributed by atoms with E-state index in [4.69, 9.17) is 32.7 Å². The zero-order chi connectivity index (χ0) is 24.6. The minimum atomic E-state index is -0.918. The highest BCUT2D eigenvalue weighted by Gasteiger charge is 2.54. The Kier molecular flexibility index (Phi) is 5.13. The predicted octanol–water partition coefficient (Wildman–Crippen LogP) is 6.62. The van der Waals surface area contributed by atoms with Crippen molar-refractivity contribution in [2.24, 2.45) is 17.8 Å². The van der Waals surface area contributed by atoms with Gasteiger partial charge in [0.15, 0.2) is 5.13 Å². The number of piperidine rings is 1. The average Bonchev–Trinajstić information content (AvgIpc) is 3.61. The van der Waals surface area contributed by atoms with Crippen LogP contribution in [-0.2, 0) is 0 Å². The Hall–Kier alpha value is -2.94. The molecule has 3 aliphatic rings. The van der Waals surface area contributed by atoms with E-state index < -0.39 is 5.97 Å². The van der Waals surface area contributed by atoms with Crippen molar-refractivity contribution in [2.45, 2.75) is 18.8 Å². The molecule has 4 aromatic rings. The molecule has 10 heteroatoms. The van der Waals surface area contributed by atoms with Gasteiger partial charge in [0.05, 0.1) is 25.8 Å². The van der Waals surface area contributed by atoms with Gasteiger partial charge in [0.25, 0.3) is 0 Å². The van der Waals surface area contributed by atoms with Crippen molar-refractivity contribution in [3.05, 3.63) is 63.6 Å². The molecule has 0 amide bonds. The first kappa shape index (κ1) is 22.3. The molecule has 7 rings (SSSR count). The van der Waals surface area contributed by atoms with E-state index in [1.54, 1.807) is 24.5 Å². The van der Waals surface area contributed by atoms with Gasteiger partial charge in [-0.1, -0.05) is 57.9 Å². The third kappa shape index (κ3) is 3.62. The molecule has 0 radical (unpaired) electrons. The van der Waals surface area contributed by atoms with E-state index in [1.165, 1.54) is 11.3 Å². The Bertz CT molecular complexity index is 1530. The highest BCUT2D eigenvalue weighted by Crippen LogP contribution is 2.55. The summed E-state index contributed by atoms with van der Waals surface area (Å²) < 4.78 is 6.50. The number of hydrogen-bond acceptors (Lipinski definition) is 7. The van der Waals surface area contributed by atoms with E-state index in [2.05, 4.69) is 27.2 Å². The molecule has 2 aliphatic carbocycles. The molecule has 1 aromatic carbocycles. The number of allylic oxidation sites excluding steroid dienone is 1. The van der Waals surface area contributed by atoms with Crippen molar-refractivity contribution in [1.82, 2.24) is 15.1 Å². The number of aromatic carboxylic acids is 1. The monoisotopic (exact) mass is 538 g/mol. The van der Waals surface area contributed by atoms with E-state index in [1.807, 2.05) is 6.07 Å². The Morgan fingerprint density at radius 1 is 1.17 bits per heavy atom. The van der Waals surface area contributed by atoms with Crippen molar-refractivity contribution in [3.8, 4) is 11.3 Å². The number of anilines is 1. The Balaban J connectivity index is 1.12. The minimum absolute atomic E-state index is 0.312. The summed E-state index contributed by atoms with van der Waals surface area (Å²) >= 11 is 14.3. The van der Waals surface area contributed by atoms with Crippen LogP contribution < -0.4 is 4.90 Å². The van der Waals surface area contributed by atoms with E-state index in [0.29, 0.717) is 50.5 Å². The topological polar surface area (TPSA) is 92.3 Å².